The number of aromatic nitrogens is 1. The molecule has 1 rings (SSSR count). The van der Waals surface area contributed by atoms with Crippen molar-refractivity contribution in [3.63, 3.8) is 0 Å². The van der Waals surface area contributed by atoms with Crippen molar-refractivity contribution in [1.29, 1.82) is 0 Å². The number of likely N-dealkylation sites (N-methyl/N-ethyl adjacent to an activating group) is 1. The molecular weight excluding hydrogens is 266 g/mol. The summed E-state index contributed by atoms with van der Waals surface area (Å²) in [6.45, 7) is 3.55. The quantitative estimate of drug-likeness (QED) is 0.855. The number of pyridine rings is 1. The van der Waals surface area contributed by atoms with Gasteiger partial charge in [0.2, 0.25) is 0 Å². The fourth-order valence-corrected chi connectivity index (χ4v) is 1.91. The van der Waals surface area contributed by atoms with Crippen molar-refractivity contribution in [2.75, 3.05) is 32.6 Å². The Morgan fingerprint density at radius 3 is 2.42 bits per heavy atom. The van der Waals surface area contributed by atoms with Gasteiger partial charge >= 0.3 is 0 Å². The second kappa shape index (κ2) is 5.75. The molecule has 1 amide bonds. The van der Waals surface area contributed by atoms with E-state index in [1.54, 1.807) is 31.9 Å². The minimum atomic E-state index is -0.939. The van der Waals surface area contributed by atoms with Crippen molar-refractivity contribution in [3.05, 3.63) is 22.8 Å². The summed E-state index contributed by atoms with van der Waals surface area (Å²) in [6, 6.07) is 3.20. The van der Waals surface area contributed by atoms with Crippen LogP contribution in [-0.4, -0.2) is 54.2 Å². The van der Waals surface area contributed by atoms with Gasteiger partial charge in [0.25, 0.3) is 5.91 Å². The smallest absolute Gasteiger partial charge is 0.253 e. The minimum Gasteiger partial charge on any atom is -0.389 e. The number of carbonyl (C=O) groups excluding carboxylic acids is 1. The third-order valence-corrected chi connectivity index (χ3v) is 2.65. The number of hydrogen-bond acceptors (Lipinski definition) is 4. The highest BCUT2D eigenvalue weighted by molar-refractivity contribution is 6.29. The standard InChI is InChI=1S/C13H20ClN3O2/c1-13(2,19)8-17(5)12(18)9-6-10(14)15-11(7-9)16(3)4/h6-7,19H,8H2,1-5H3. The zero-order valence-corrected chi connectivity index (χ0v) is 12.7. The summed E-state index contributed by atoms with van der Waals surface area (Å²) in [7, 11) is 5.30. The number of hydrogen-bond donors (Lipinski definition) is 1. The molecule has 1 N–H and O–H groups in total. The highest BCUT2D eigenvalue weighted by Gasteiger charge is 2.21. The summed E-state index contributed by atoms with van der Waals surface area (Å²) in [6.07, 6.45) is 0. The second-order valence-corrected chi connectivity index (χ2v) is 5.79. The third-order valence-electron chi connectivity index (χ3n) is 2.46. The monoisotopic (exact) mass is 285 g/mol. The van der Waals surface area contributed by atoms with E-state index in [2.05, 4.69) is 4.98 Å². The number of carbonyl (C=O) groups is 1. The normalized spacial score (nSPS) is 11.3. The number of aliphatic hydroxyl groups is 1. The molecule has 1 aromatic rings. The average Bonchev–Trinajstić information content (AvgIpc) is 2.24. The van der Waals surface area contributed by atoms with Crippen LogP contribution in [0.15, 0.2) is 12.1 Å². The fraction of sp³-hybridized carbons (Fsp3) is 0.538. The molecule has 5 nitrogen and oxygen atoms in total. The van der Waals surface area contributed by atoms with Crippen LogP contribution in [0.2, 0.25) is 5.15 Å². The zero-order valence-electron chi connectivity index (χ0n) is 11.9. The predicted molar refractivity (Wildman–Crippen MR) is 76.8 cm³/mol. The lowest BCUT2D eigenvalue weighted by atomic mass is 10.1. The van der Waals surface area contributed by atoms with E-state index in [4.69, 9.17) is 11.6 Å². The summed E-state index contributed by atoms with van der Waals surface area (Å²) in [5.74, 6) is 0.419. The molecule has 0 bridgehead atoms. The van der Waals surface area contributed by atoms with E-state index in [0.29, 0.717) is 11.4 Å². The highest BCUT2D eigenvalue weighted by Crippen LogP contribution is 2.18. The van der Waals surface area contributed by atoms with Crippen LogP contribution in [0, 0.1) is 0 Å². The number of amides is 1. The largest absolute Gasteiger partial charge is 0.389 e. The first-order valence-electron chi connectivity index (χ1n) is 5.93. The van der Waals surface area contributed by atoms with Gasteiger partial charge in [-0.25, -0.2) is 4.98 Å². The Balaban J connectivity index is 2.99. The molecule has 0 saturated carbocycles. The Labute approximate surface area is 118 Å². The van der Waals surface area contributed by atoms with Gasteiger partial charge in [0.15, 0.2) is 0 Å². The van der Waals surface area contributed by atoms with Crippen molar-refractivity contribution in [1.82, 2.24) is 9.88 Å². The molecule has 0 saturated heterocycles. The van der Waals surface area contributed by atoms with E-state index in [9.17, 15) is 9.90 Å². The predicted octanol–water partition coefficient (Wildman–Crippen LogP) is 1.64. The van der Waals surface area contributed by atoms with E-state index in [0.717, 1.165) is 0 Å². The maximum absolute atomic E-state index is 12.3. The maximum Gasteiger partial charge on any atom is 0.253 e. The summed E-state index contributed by atoms with van der Waals surface area (Å²) < 4.78 is 0. The van der Waals surface area contributed by atoms with Gasteiger partial charge in [-0.2, -0.15) is 0 Å². The number of anilines is 1. The average molecular weight is 286 g/mol. The van der Waals surface area contributed by atoms with Gasteiger partial charge < -0.3 is 14.9 Å². The molecule has 106 valence electrons. The first kappa shape index (κ1) is 15.7. The van der Waals surface area contributed by atoms with E-state index in [-0.39, 0.29) is 17.6 Å². The molecule has 0 aliphatic carbocycles. The highest BCUT2D eigenvalue weighted by atomic mass is 35.5. The molecule has 0 aromatic carbocycles. The maximum atomic E-state index is 12.3. The van der Waals surface area contributed by atoms with Crippen LogP contribution in [0.3, 0.4) is 0 Å². The number of rotatable bonds is 4. The molecule has 0 spiro atoms. The van der Waals surface area contributed by atoms with E-state index >= 15 is 0 Å². The Kier molecular flexibility index (Phi) is 4.76. The first-order valence-corrected chi connectivity index (χ1v) is 6.31. The van der Waals surface area contributed by atoms with Crippen LogP contribution < -0.4 is 4.90 Å². The molecule has 1 heterocycles. The Bertz CT molecular complexity index is 469. The van der Waals surface area contributed by atoms with E-state index < -0.39 is 5.60 Å². The molecule has 19 heavy (non-hydrogen) atoms. The summed E-state index contributed by atoms with van der Waals surface area (Å²) >= 11 is 5.92. The second-order valence-electron chi connectivity index (χ2n) is 5.40. The number of halogens is 1. The third kappa shape index (κ3) is 4.69. The van der Waals surface area contributed by atoms with Crippen LogP contribution >= 0.6 is 11.6 Å². The van der Waals surface area contributed by atoms with Gasteiger partial charge in [-0.1, -0.05) is 11.6 Å². The summed E-state index contributed by atoms with van der Waals surface area (Å²) in [5.41, 5.74) is -0.485. The molecule has 1 aromatic heterocycles. The lowest BCUT2D eigenvalue weighted by Gasteiger charge is -2.26. The van der Waals surface area contributed by atoms with Crippen molar-refractivity contribution in [2.45, 2.75) is 19.4 Å². The van der Waals surface area contributed by atoms with Gasteiger partial charge in [0.1, 0.15) is 11.0 Å². The Morgan fingerprint density at radius 1 is 1.37 bits per heavy atom. The Morgan fingerprint density at radius 2 is 1.95 bits per heavy atom. The topological polar surface area (TPSA) is 56.7 Å². The van der Waals surface area contributed by atoms with Gasteiger partial charge in [-0.05, 0) is 26.0 Å². The van der Waals surface area contributed by atoms with Gasteiger partial charge in [0.05, 0.1) is 5.60 Å². The van der Waals surface area contributed by atoms with Gasteiger partial charge in [-0.15, -0.1) is 0 Å². The molecular formula is C13H20ClN3O2. The molecule has 0 unspecified atom stereocenters. The van der Waals surface area contributed by atoms with Gasteiger partial charge in [0, 0.05) is 33.3 Å². The minimum absolute atomic E-state index is 0.200. The zero-order chi connectivity index (χ0) is 14.8. The summed E-state index contributed by atoms with van der Waals surface area (Å²) in [5, 5.41) is 10.0. The molecule has 0 aliphatic heterocycles. The SMILES string of the molecule is CN(CC(C)(C)O)C(=O)c1cc(Cl)nc(N(C)C)c1. The lowest BCUT2D eigenvalue weighted by molar-refractivity contribution is 0.0368. The molecule has 6 heteroatoms. The first-order chi connectivity index (χ1) is 8.60. The van der Waals surface area contributed by atoms with E-state index in [1.165, 1.54) is 11.0 Å². The molecule has 0 aliphatic rings. The van der Waals surface area contributed by atoms with E-state index in [1.807, 2.05) is 14.1 Å². The molecule has 0 atom stereocenters. The van der Waals surface area contributed by atoms with Crippen molar-refractivity contribution >= 4 is 23.3 Å². The van der Waals surface area contributed by atoms with Crippen molar-refractivity contribution in [3.8, 4) is 0 Å². The van der Waals surface area contributed by atoms with Crippen molar-refractivity contribution in [2.24, 2.45) is 0 Å². The number of nitrogens with zero attached hydrogens (tertiary/aromatic N) is 3. The lowest BCUT2D eigenvalue weighted by Crippen LogP contribution is -2.39. The molecule has 0 fully saturated rings. The van der Waals surface area contributed by atoms with Crippen LogP contribution in [0.4, 0.5) is 5.82 Å². The fourth-order valence-electron chi connectivity index (χ4n) is 1.71. The van der Waals surface area contributed by atoms with Crippen LogP contribution in [0.1, 0.15) is 24.2 Å². The van der Waals surface area contributed by atoms with Gasteiger partial charge in [-0.3, -0.25) is 4.79 Å². The summed E-state index contributed by atoms with van der Waals surface area (Å²) in [4.78, 5) is 19.6. The van der Waals surface area contributed by atoms with Crippen molar-refractivity contribution < 1.29 is 9.90 Å². The molecule has 0 radical (unpaired) electrons. The van der Waals surface area contributed by atoms with Crippen LogP contribution in [0.5, 0.6) is 0 Å². The Hall–Kier alpha value is -1.33. The van der Waals surface area contributed by atoms with Crippen LogP contribution in [0.25, 0.3) is 0 Å². The van der Waals surface area contributed by atoms with Crippen LogP contribution in [-0.2, 0) is 0 Å².